The summed E-state index contributed by atoms with van der Waals surface area (Å²) in [7, 11) is 0. The summed E-state index contributed by atoms with van der Waals surface area (Å²) in [6.45, 7) is 5.99. The van der Waals surface area contributed by atoms with Crippen LogP contribution in [0, 0.1) is 12.8 Å². The number of ether oxygens (including phenoxy) is 1. The Bertz CT molecular complexity index is 704. The van der Waals surface area contributed by atoms with Gasteiger partial charge in [0.1, 0.15) is 5.75 Å². The Morgan fingerprint density at radius 1 is 1.00 bits per heavy atom. The van der Waals surface area contributed by atoms with Gasteiger partial charge in [0, 0.05) is 4.47 Å². The Kier molecular flexibility index (Phi) is 6.78. The monoisotopic (exact) mass is 416 g/mol. The predicted molar refractivity (Wildman–Crippen MR) is 100 cm³/mol. The van der Waals surface area contributed by atoms with Gasteiger partial charge in [-0.1, -0.05) is 41.9 Å². The molecule has 0 N–H and O–H groups in total. The van der Waals surface area contributed by atoms with Gasteiger partial charge in [0.05, 0.1) is 12.0 Å². The molecule has 0 unspecified atom stereocenters. The van der Waals surface area contributed by atoms with Gasteiger partial charge in [0.2, 0.25) is 0 Å². The van der Waals surface area contributed by atoms with Gasteiger partial charge >= 0.3 is 6.18 Å². The maximum Gasteiger partial charge on any atom is 0.391 e. The Morgan fingerprint density at radius 2 is 1.64 bits per heavy atom. The van der Waals surface area contributed by atoms with Crippen molar-refractivity contribution >= 4 is 26.7 Å². The van der Waals surface area contributed by atoms with Gasteiger partial charge < -0.3 is 4.74 Å². The second-order valence-corrected chi connectivity index (χ2v) is 7.10. The van der Waals surface area contributed by atoms with Gasteiger partial charge in [0.25, 0.3) is 0 Å². The van der Waals surface area contributed by atoms with Crippen LogP contribution in [0.15, 0.2) is 34.8 Å². The van der Waals surface area contributed by atoms with Gasteiger partial charge in [-0.15, -0.1) is 0 Å². The lowest BCUT2D eigenvalue weighted by atomic mass is 9.87. The molecule has 0 atom stereocenters. The molecule has 5 heteroatoms. The Labute approximate surface area is 155 Å². The largest absolute Gasteiger partial charge is 0.490 e. The van der Waals surface area contributed by atoms with Crippen LogP contribution >= 0.6 is 15.9 Å². The van der Waals surface area contributed by atoms with Gasteiger partial charge in [0.15, 0.2) is 0 Å². The van der Waals surface area contributed by atoms with Crippen molar-refractivity contribution in [2.75, 3.05) is 0 Å². The highest BCUT2D eigenvalue weighted by atomic mass is 79.9. The number of hydrogen-bond acceptors (Lipinski definition) is 1. The Morgan fingerprint density at radius 3 is 2.24 bits per heavy atom. The second kappa shape index (κ2) is 8.43. The number of hydrogen-bond donors (Lipinski definition) is 0. The minimum absolute atomic E-state index is 0.125. The molecular weight excluding hydrogens is 393 g/mol. The summed E-state index contributed by atoms with van der Waals surface area (Å²) in [4.78, 5) is 0. The van der Waals surface area contributed by atoms with E-state index in [1.807, 2.05) is 51.1 Å². The maximum atomic E-state index is 12.7. The molecule has 0 spiro atoms. The molecule has 1 fully saturated rings. The van der Waals surface area contributed by atoms with Crippen molar-refractivity contribution in [2.45, 2.75) is 58.7 Å². The van der Waals surface area contributed by atoms with Crippen molar-refractivity contribution in [3.05, 3.63) is 40.4 Å². The predicted octanol–water partition coefficient (Wildman–Crippen LogP) is 7.44. The molecule has 0 saturated heterocycles. The van der Waals surface area contributed by atoms with Crippen LogP contribution in [0.1, 0.15) is 45.1 Å². The van der Waals surface area contributed by atoms with Gasteiger partial charge in [-0.3, -0.25) is 0 Å². The molecule has 0 bridgehead atoms. The third-order valence-electron chi connectivity index (χ3n) is 4.63. The summed E-state index contributed by atoms with van der Waals surface area (Å²) < 4.78 is 45.2. The fraction of sp³-hybridized carbons (Fsp3) is 0.500. The van der Waals surface area contributed by atoms with Crippen molar-refractivity contribution < 1.29 is 17.9 Å². The zero-order valence-corrected chi connectivity index (χ0v) is 16.4. The van der Waals surface area contributed by atoms with E-state index in [4.69, 9.17) is 4.74 Å². The van der Waals surface area contributed by atoms with Crippen LogP contribution in [0.3, 0.4) is 0 Å². The first-order valence-corrected chi connectivity index (χ1v) is 9.56. The van der Waals surface area contributed by atoms with Gasteiger partial charge in [-0.25, -0.2) is 0 Å². The summed E-state index contributed by atoms with van der Waals surface area (Å²) in [5.74, 6) is -0.396. The molecule has 2 aromatic carbocycles. The van der Waals surface area contributed by atoms with Crippen molar-refractivity contribution in [2.24, 2.45) is 5.92 Å². The number of alkyl halides is 3. The molecule has 2 aromatic rings. The van der Waals surface area contributed by atoms with Crippen LogP contribution in [0.4, 0.5) is 13.2 Å². The van der Waals surface area contributed by atoms with E-state index in [1.54, 1.807) is 0 Å². The zero-order valence-electron chi connectivity index (χ0n) is 14.8. The van der Waals surface area contributed by atoms with Crippen LogP contribution in [0.5, 0.6) is 5.75 Å². The highest BCUT2D eigenvalue weighted by molar-refractivity contribution is 9.10. The van der Waals surface area contributed by atoms with E-state index in [-0.39, 0.29) is 18.9 Å². The lowest BCUT2D eigenvalue weighted by Gasteiger charge is -2.30. The summed E-state index contributed by atoms with van der Waals surface area (Å²) in [6.07, 6.45) is -2.96. The van der Waals surface area contributed by atoms with E-state index in [0.29, 0.717) is 12.8 Å². The zero-order chi connectivity index (χ0) is 18.6. The smallest absolute Gasteiger partial charge is 0.391 e. The maximum absolute atomic E-state index is 12.7. The Hall–Kier alpha value is -1.23. The first-order valence-electron chi connectivity index (χ1n) is 8.77. The lowest BCUT2D eigenvalue weighted by molar-refractivity contribution is -0.185. The minimum atomic E-state index is -4.07. The first-order chi connectivity index (χ1) is 11.8. The third-order valence-corrected chi connectivity index (χ3v) is 5.13. The molecule has 1 saturated carbocycles. The molecule has 0 aliphatic heterocycles. The molecule has 0 heterocycles. The SMILES string of the molecule is CC.Cc1c(OC2CCC(C(F)(F)F)CC2)ccc2cc(Br)ccc12. The molecule has 1 nitrogen and oxygen atoms in total. The Balaban J connectivity index is 0.00000109. The average Bonchev–Trinajstić information content (AvgIpc) is 2.59. The quantitative estimate of drug-likeness (QED) is 0.494. The highest BCUT2D eigenvalue weighted by Gasteiger charge is 2.41. The number of rotatable bonds is 2. The number of benzene rings is 2. The number of fused-ring (bicyclic) bond motifs is 1. The van der Waals surface area contributed by atoms with E-state index in [9.17, 15) is 13.2 Å². The fourth-order valence-electron chi connectivity index (χ4n) is 3.25. The summed E-state index contributed by atoms with van der Waals surface area (Å²) in [5.41, 5.74) is 1.04. The summed E-state index contributed by atoms with van der Waals surface area (Å²) >= 11 is 3.45. The molecule has 1 aliphatic carbocycles. The molecule has 0 radical (unpaired) electrons. The molecule has 3 rings (SSSR count). The van der Waals surface area contributed by atoms with Crippen molar-refractivity contribution in [1.29, 1.82) is 0 Å². The molecule has 1 aliphatic rings. The van der Waals surface area contributed by atoms with Crippen LogP contribution < -0.4 is 4.74 Å². The van der Waals surface area contributed by atoms with E-state index >= 15 is 0 Å². The van der Waals surface area contributed by atoms with Crippen LogP contribution in [0.2, 0.25) is 0 Å². The van der Waals surface area contributed by atoms with Crippen LogP contribution in [-0.2, 0) is 0 Å². The van der Waals surface area contributed by atoms with E-state index < -0.39 is 12.1 Å². The first kappa shape index (κ1) is 20.1. The fourth-order valence-corrected chi connectivity index (χ4v) is 3.63. The molecular formula is C20H24BrF3O. The molecule has 25 heavy (non-hydrogen) atoms. The minimum Gasteiger partial charge on any atom is -0.490 e. The standard InChI is InChI=1S/C18H18BrF3O.C2H6/c1-11-16-8-5-14(19)10-12(16)2-9-17(11)23-15-6-3-13(4-7-15)18(20,21)22;1-2/h2,5,8-10,13,15H,3-4,6-7H2,1H3;1-2H3. The van der Waals surface area contributed by atoms with Gasteiger partial charge in [-0.2, -0.15) is 13.2 Å². The van der Waals surface area contributed by atoms with E-state index in [2.05, 4.69) is 15.9 Å². The number of halogens is 4. The lowest BCUT2D eigenvalue weighted by Crippen LogP contribution is -2.31. The summed E-state index contributed by atoms with van der Waals surface area (Å²) in [6, 6.07) is 9.96. The number of aryl methyl sites for hydroxylation is 1. The third kappa shape index (κ3) is 4.90. The van der Waals surface area contributed by atoms with Crippen LogP contribution in [0.25, 0.3) is 10.8 Å². The van der Waals surface area contributed by atoms with Crippen LogP contribution in [-0.4, -0.2) is 12.3 Å². The topological polar surface area (TPSA) is 9.23 Å². The molecule has 0 amide bonds. The molecule has 138 valence electrons. The second-order valence-electron chi connectivity index (χ2n) is 6.19. The average molecular weight is 417 g/mol. The van der Waals surface area contributed by atoms with E-state index in [0.717, 1.165) is 26.6 Å². The normalized spacial score (nSPS) is 20.8. The summed E-state index contributed by atoms with van der Waals surface area (Å²) in [5, 5.41) is 2.22. The highest BCUT2D eigenvalue weighted by Crippen LogP contribution is 2.39. The van der Waals surface area contributed by atoms with E-state index in [1.165, 1.54) is 0 Å². The molecule has 0 aromatic heterocycles. The van der Waals surface area contributed by atoms with Crippen molar-refractivity contribution in [1.82, 2.24) is 0 Å². The van der Waals surface area contributed by atoms with Crippen molar-refractivity contribution in [3.8, 4) is 5.75 Å². The van der Waals surface area contributed by atoms with Crippen molar-refractivity contribution in [3.63, 3.8) is 0 Å². The van der Waals surface area contributed by atoms with Gasteiger partial charge in [-0.05, 0) is 67.1 Å².